The number of nitrogens with zero attached hydrogens (tertiary/aromatic N) is 3. The van der Waals surface area contributed by atoms with Crippen molar-refractivity contribution >= 4 is 35.8 Å². The van der Waals surface area contributed by atoms with Crippen molar-refractivity contribution in [2.75, 3.05) is 33.7 Å². The number of primary amides is 1. The molecule has 1 amide bonds. The van der Waals surface area contributed by atoms with Crippen LogP contribution in [0.1, 0.15) is 31.7 Å². The number of hydrogen-bond acceptors (Lipinski definition) is 3. The molecule has 6 nitrogen and oxygen atoms in total. The normalized spacial score (nSPS) is 18.7. The largest absolute Gasteiger partial charge is 0.370 e. The summed E-state index contributed by atoms with van der Waals surface area (Å²) in [6.45, 7) is 5.79. The number of hydrogen-bond donors (Lipinski definition) is 2. The molecule has 0 bridgehead atoms. The van der Waals surface area contributed by atoms with E-state index in [1.165, 1.54) is 5.56 Å². The van der Waals surface area contributed by atoms with Gasteiger partial charge < -0.3 is 16.0 Å². The van der Waals surface area contributed by atoms with E-state index in [9.17, 15) is 4.79 Å². The summed E-state index contributed by atoms with van der Waals surface area (Å²) in [5, 5.41) is 3.50. The van der Waals surface area contributed by atoms with Crippen molar-refractivity contribution < 1.29 is 4.79 Å². The van der Waals surface area contributed by atoms with Crippen molar-refractivity contribution in [3.63, 3.8) is 0 Å². The van der Waals surface area contributed by atoms with E-state index in [-0.39, 0.29) is 29.9 Å². The van der Waals surface area contributed by atoms with Crippen molar-refractivity contribution in [3.8, 4) is 0 Å². The van der Waals surface area contributed by atoms with E-state index in [0.717, 1.165) is 45.0 Å². The molecule has 27 heavy (non-hydrogen) atoms. The monoisotopic (exact) mass is 487 g/mol. The zero-order chi connectivity index (χ0) is 18.9. The average molecular weight is 487 g/mol. The fraction of sp³-hybridized carbons (Fsp3) is 0.600. The van der Waals surface area contributed by atoms with E-state index in [1.807, 2.05) is 13.1 Å². The van der Waals surface area contributed by atoms with Gasteiger partial charge >= 0.3 is 0 Å². The standard InChI is InChI=1S/C20H33N5O.HI/c1-16(24(3)14-17-8-5-4-6-9-17)13-23-20(22-2)25-11-7-10-18(15-25)12-19(21)26;/h4-6,8-9,16,18H,7,10-15H2,1-3H3,(H2,21,26)(H,22,23);1H. The van der Waals surface area contributed by atoms with Gasteiger partial charge in [-0.1, -0.05) is 30.3 Å². The first kappa shape index (κ1) is 23.7. The Bertz CT molecular complexity index is 595. The van der Waals surface area contributed by atoms with E-state index in [2.05, 4.69) is 58.3 Å². The Balaban J connectivity index is 0.00000364. The van der Waals surface area contributed by atoms with Crippen molar-refractivity contribution in [1.29, 1.82) is 0 Å². The summed E-state index contributed by atoms with van der Waals surface area (Å²) in [5.74, 6) is 1.04. The van der Waals surface area contributed by atoms with Crippen LogP contribution in [0.25, 0.3) is 0 Å². The number of halogens is 1. The molecule has 2 rings (SSSR count). The summed E-state index contributed by atoms with van der Waals surface area (Å²) in [5.41, 5.74) is 6.68. The number of nitrogens with two attached hydrogens (primary N) is 1. The molecule has 0 radical (unpaired) electrons. The topological polar surface area (TPSA) is 74.0 Å². The predicted octanol–water partition coefficient (Wildman–Crippen LogP) is 2.29. The number of carbonyl (C=O) groups is 1. The molecule has 1 aliphatic rings. The minimum Gasteiger partial charge on any atom is -0.370 e. The molecule has 0 aliphatic carbocycles. The Labute approximate surface area is 180 Å². The second-order valence-electron chi connectivity index (χ2n) is 7.30. The van der Waals surface area contributed by atoms with Gasteiger partial charge in [-0.3, -0.25) is 14.7 Å². The highest BCUT2D eigenvalue weighted by Gasteiger charge is 2.23. The fourth-order valence-corrected chi connectivity index (χ4v) is 3.46. The van der Waals surface area contributed by atoms with E-state index < -0.39 is 0 Å². The molecule has 7 heteroatoms. The predicted molar refractivity (Wildman–Crippen MR) is 122 cm³/mol. The number of likely N-dealkylation sites (tertiary alicyclic amines) is 1. The Morgan fingerprint density at radius 1 is 1.41 bits per heavy atom. The summed E-state index contributed by atoms with van der Waals surface area (Å²) in [4.78, 5) is 20.2. The first-order valence-electron chi connectivity index (χ1n) is 9.47. The van der Waals surface area contributed by atoms with Gasteiger partial charge in [0, 0.05) is 45.7 Å². The van der Waals surface area contributed by atoms with Gasteiger partial charge in [0.2, 0.25) is 5.91 Å². The summed E-state index contributed by atoms with van der Waals surface area (Å²) < 4.78 is 0. The van der Waals surface area contributed by atoms with Gasteiger partial charge in [-0.25, -0.2) is 0 Å². The van der Waals surface area contributed by atoms with E-state index in [1.54, 1.807) is 0 Å². The number of rotatable bonds is 7. The molecule has 3 N–H and O–H groups in total. The molecule has 152 valence electrons. The van der Waals surface area contributed by atoms with Crippen molar-refractivity contribution in [2.45, 2.75) is 38.8 Å². The summed E-state index contributed by atoms with van der Waals surface area (Å²) in [6, 6.07) is 10.9. The van der Waals surface area contributed by atoms with E-state index in [4.69, 9.17) is 5.73 Å². The lowest BCUT2D eigenvalue weighted by molar-refractivity contribution is -0.119. The van der Waals surface area contributed by atoms with Crippen LogP contribution >= 0.6 is 24.0 Å². The lowest BCUT2D eigenvalue weighted by Gasteiger charge is -2.35. The zero-order valence-corrected chi connectivity index (χ0v) is 19.1. The van der Waals surface area contributed by atoms with Crippen LogP contribution in [0, 0.1) is 5.92 Å². The number of nitrogens with one attached hydrogen (secondary N) is 1. The van der Waals surface area contributed by atoms with Crippen LogP contribution in [-0.4, -0.2) is 61.4 Å². The first-order valence-corrected chi connectivity index (χ1v) is 9.47. The minimum atomic E-state index is -0.212. The third-order valence-electron chi connectivity index (χ3n) is 5.10. The summed E-state index contributed by atoms with van der Waals surface area (Å²) in [6.07, 6.45) is 2.60. The molecule has 2 unspecified atom stereocenters. The quantitative estimate of drug-likeness (QED) is 0.352. The summed E-state index contributed by atoms with van der Waals surface area (Å²) in [7, 11) is 3.96. The van der Waals surface area contributed by atoms with Gasteiger partial charge in [-0.2, -0.15) is 0 Å². The molecule has 1 fully saturated rings. The molecule has 1 aliphatic heterocycles. The van der Waals surface area contributed by atoms with Gasteiger partial charge in [0.1, 0.15) is 0 Å². The number of carbonyl (C=O) groups excluding carboxylic acids is 1. The molecule has 1 aromatic rings. The maximum atomic E-state index is 11.2. The van der Waals surface area contributed by atoms with Crippen molar-refractivity contribution in [1.82, 2.24) is 15.1 Å². The van der Waals surface area contributed by atoms with E-state index in [0.29, 0.717) is 18.4 Å². The Morgan fingerprint density at radius 3 is 2.74 bits per heavy atom. The Morgan fingerprint density at radius 2 is 2.11 bits per heavy atom. The van der Waals surface area contributed by atoms with Crippen LogP contribution < -0.4 is 11.1 Å². The SMILES string of the molecule is CN=C(NCC(C)N(C)Cc1ccccc1)N1CCCC(CC(N)=O)C1.I. The van der Waals surface area contributed by atoms with Gasteiger partial charge in [0.15, 0.2) is 5.96 Å². The molecular weight excluding hydrogens is 453 g/mol. The van der Waals surface area contributed by atoms with Crippen LogP contribution in [0.5, 0.6) is 0 Å². The minimum absolute atomic E-state index is 0. The molecule has 0 spiro atoms. The van der Waals surface area contributed by atoms with Gasteiger partial charge in [-0.05, 0) is 38.3 Å². The third kappa shape index (κ3) is 8.04. The number of aliphatic imine (C=N–C) groups is 1. The van der Waals surface area contributed by atoms with Crippen LogP contribution in [0.2, 0.25) is 0 Å². The van der Waals surface area contributed by atoms with Crippen molar-refractivity contribution in [3.05, 3.63) is 35.9 Å². The third-order valence-corrected chi connectivity index (χ3v) is 5.10. The number of amides is 1. The highest BCUT2D eigenvalue weighted by atomic mass is 127. The van der Waals surface area contributed by atoms with Gasteiger partial charge in [0.05, 0.1) is 0 Å². The number of benzene rings is 1. The number of piperidine rings is 1. The molecule has 0 aromatic heterocycles. The second-order valence-corrected chi connectivity index (χ2v) is 7.30. The highest BCUT2D eigenvalue weighted by Crippen LogP contribution is 2.19. The molecular formula is C20H34IN5O. The molecule has 1 heterocycles. The number of guanidine groups is 1. The molecule has 1 aromatic carbocycles. The Hall–Kier alpha value is -1.35. The van der Waals surface area contributed by atoms with Crippen LogP contribution in [0.3, 0.4) is 0 Å². The maximum absolute atomic E-state index is 11.2. The fourth-order valence-electron chi connectivity index (χ4n) is 3.46. The van der Waals surface area contributed by atoms with Crippen LogP contribution in [-0.2, 0) is 11.3 Å². The zero-order valence-electron chi connectivity index (χ0n) is 16.7. The average Bonchev–Trinajstić information content (AvgIpc) is 2.62. The molecule has 0 saturated carbocycles. The molecule has 1 saturated heterocycles. The van der Waals surface area contributed by atoms with Crippen LogP contribution in [0.15, 0.2) is 35.3 Å². The second kappa shape index (κ2) is 12.2. The summed E-state index contributed by atoms with van der Waals surface area (Å²) >= 11 is 0. The number of likely N-dealkylation sites (N-methyl/N-ethyl adjacent to an activating group) is 1. The van der Waals surface area contributed by atoms with Gasteiger partial charge in [-0.15, -0.1) is 24.0 Å². The van der Waals surface area contributed by atoms with Gasteiger partial charge in [0.25, 0.3) is 0 Å². The first-order chi connectivity index (χ1) is 12.5. The lowest BCUT2D eigenvalue weighted by atomic mass is 9.95. The lowest BCUT2D eigenvalue weighted by Crippen LogP contribution is -2.50. The Kier molecular flexibility index (Phi) is 10.7. The van der Waals surface area contributed by atoms with Crippen molar-refractivity contribution in [2.24, 2.45) is 16.6 Å². The van der Waals surface area contributed by atoms with Crippen LogP contribution in [0.4, 0.5) is 0 Å². The molecule has 2 atom stereocenters. The smallest absolute Gasteiger partial charge is 0.217 e. The maximum Gasteiger partial charge on any atom is 0.217 e. The van der Waals surface area contributed by atoms with E-state index >= 15 is 0 Å². The highest BCUT2D eigenvalue weighted by molar-refractivity contribution is 14.0.